The van der Waals surface area contributed by atoms with Crippen molar-refractivity contribution in [3.05, 3.63) is 85.1 Å². The number of hydrogen-bond acceptors (Lipinski definition) is 6. The molecule has 3 atom stereocenters. The van der Waals surface area contributed by atoms with Crippen molar-refractivity contribution < 1.29 is 37.3 Å². The van der Waals surface area contributed by atoms with Crippen LogP contribution in [0.4, 0.5) is 0 Å². The fourth-order valence-corrected chi connectivity index (χ4v) is 9.22. The van der Waals surface area contributed by atoms with Gasteiger partial charge in [-0.25, -0.2) is 4.57 Å². The Kier molecular flexibility index (Phi) is 52.5. The van der Waals surface area contributed by atoms with Crippen molar-refractivity contribution in [2.45, 2.75) is 277 Å². The number of carbonyl (C=O) groups is 2. The summed E-state index contributed by atoms with van der Waals surface area (Å²) in [6.45, 7) is 6.93. The SMILES string of the molecule is CCCCC/C=C\C/C=C\C/C=C\CCCCCCCCC(=O)OC(/C=C/CCCCCCCCCCCCC)C(COP(=O)(O)OCC[N+](C)(C)C)NC(=O)CCCCCC/C=C\C/C=C\C/C=C\CCCCC. The highest BCUT2D eigenvalue weighted by Gasteiger charge is 2.30. The Balaban J connectivity index is 5.37. The van der Waals surface area contributed by atoms with E-state index in [-0.39, 0.29) is 31.5 Å². The molecule has 0 aliphatic carbocycles. The van der Waals surface area contributed by atoms with E-state index in [0.29, 0.717) is 17.4 Å². The number of allylic oxidation sites excluding steroid dienone is 13. The lowest BCUT2D eigenvalue weighted by atomic mass is 10.0. The van der Waals surface area contributed by atoms with E-state index < -0.39 is 20.0 Å². The van der Waals surface area contributed by atoms with Gasteiger partial charge >= 0.3 is 13.8 Å². The standard InChI is InChI=1S/C65H117N2O7P/c1-7-10-13-16-19-22-25-28-30-32-33-35-37-40-43-46-49-52-55-58-65(69)74-63(56-53-50-47-44-41-38-27-24-21-18-15-12-9-3)62(61-73-75(70,71)72-60-59-67(4,5)6)66-64(68)57-54-51-48-45-42-39-36-34-31-29-26-23-20-17-14-11-8-2/h19-20,22-23,28-31,33,35-36,39,53,56,62-63H,7-18,21,24-27,32,34,37-38,40-52,54-55,57-61H2,1-6H3,(H-,66,68,70,71)/p+1/b22-19-,23-20-,30-28-,31-29-,35-33-,39-36-,56-53+. The Morgan fingerprint density at radius 2 is 0.813 bits per heavy atom. The van der Waals surface area contributed by atoms with Gasteiger partial charge in [0.2, 0.25) is 5.91 Å². The average molecular weight is 1070 g/mol. The predicted octanol–water partition coefficient (Wildman–Crippen LogP) is 19.0. The number of hydrogen-bond donors (Lipinski definition) is 2. The number of esters is 1. The molecule has 3 unspecified atom stereocenters. The van der Waals surface area contributed by atoms with Gasteiger partial charge in [-0.05, 0) is 109 Å². The maximum Gasteiger partial charge on any atom is 0.472 e. The maximum atomic E-state index is 13.5. The van der Waals surface area contributed by atoms with Crippen molar-refractivity contribution in [3.8, 4) is 0 Å². The van der Waals surface area contributed by atoms with Gasteiger partial charge in [0.05, 0.1) is 33.8 Å². The van der Waals surface area contributed by atoms with E-state index in [9.17, 15) is 19.0 Å². The second-order valence-corrected chi connectivity index (χ2v) is 23.3. The molecule has 0 radical (unpaired) electrons. The largest absolute Gasteiger partial charge is 0.472 e. The normalized spacial score (nSPS) is 14.3. The van der Waals surface area contributed by atoms with E-state index >= 15 is 0 Å². The zero-order chi connectivity index (χ0) is 55.0. The lowest BCUT2D eigenvalue weighted by Crippen LogP contribution is -2.47. The summed E-state index contributed by atoms with van der Waals surface area (Å²) in [6, 6.07) is -0.870. The Morgan fingerprint density at radius 3 is 1.24 bits per heavy atom. The summed E-state index contributed by atoms with van der Waals surface area (Å²) in [6.07, 6.45) is 71.4. The number of amides is 1. The fraction of sp³-hybridized carbons (Fsp3) is 0.754. The van der Waals surface area contributed by atoms with Crippen LogP contribution in [0.2, 0.25) is 0 Å². The summed E-state index contributed by atoms with van der Waals surface area (Å²) < 4.78 is 30.7. The molecule has 0 fully saturated rings. The Labute approximate surface area is 463 Å². The predicted molar refractivity (Wildman–Crippen MR) is 323 cm³/mol. The highest BCUT2D eigenvalue weighted by molar-refractivity contribution is 7.47. The van der Waals surface area contributed by atoms with E-state index in [2.05, 4.69) is 99.0 Å². The van der Waals surface area contributed by atoms with Gasteiger partial charge in [0.1, 0.15) is 19.3 Å². The van der Waals surface area contributed by atoms with Gasteiger partial charge in [0.25, 0.3) is 0 Å². The average Bonchev–Trinajstić information content (AvgIpc) is 3.37. The number of rotatable bonds is 55. The van der Waals surface area contributed by atoms with Gasteiger partial charge in [-0.3, -0.25) is 18.6 Å². The van der Waals surface area contributed by atoms with Gasteiger partial charge in [0, 0.05) is 12.8 Å². The van der Waals surface area contributed by atoms with Crippen LogP contribution < -0.4 is 5.32 Å². The van der Waals surface area contributed by atoms with Crippen molar-refractivity contribution in [1.29, 1.82) is 0 Å². The number of phosphoric ester groups is 1. The number of likely N-dealkylation sites (N-methyl/N-ethyl adjacent to an activating group) is 1. The van der Waals surface area contributed by atoms with Gasteiger partial charge < -0.3 is 19.4 Å². The smallest absolute Gasteiger partial charge is 0.456 e. The third-order valence-electron chi connectivity index (χ3n) is 13.3. The number of phosphoric acid groups is 1. The molecular formula is C65H118N2O7P+. The number of unbranched alkanes of at least 4 members (excludes halogenated alkanes) is 27. The minimum atomic E-state index is -4.46. The lowest BCUT2D eigenvalue weighted by Gasteiger charge is -2.27. The molecule has 0 bridgehead atoms. The summed E-state index contributed by atoms with van der Waals surface area (Å²) in [4.78, 5) is 37.7. The Bertz CT molecular complexity index is 1560. The first-order valence-corrected chi connectivity index (χ1v) is 32.4. The van der Waals surface area contributed by atoms with Gasteiger partial charge in [-0.1, -0.05) is 228 Å². The highest BCUT2D eigenvalue weighted by Crippen LogP contribution is 2.43. The quantitative estimate of drug-likeness (QED) is 0.0205. The summed E-state index contributed by atoms with van der Waals surface area (Å²) >= 11 is 0. The Hall–Kier alpha value is -2.81. The first-order valence-electron chi connectivity index (χ1n) is 30.9. The minimum Gasteiger partial charge on any atom is -0.456 e. The molecule has 75 heavy (non-hydrogen) atoms. The molecule has 2 N–H and O–H groups in total. The van der Waals surface area contributed by atoms with E-state index in [1.165, 1.54) is 122 Å². The van der Waals surface area contributed by atoms with Crippen LogP contribution in [0.25, 0.3) is 0 Å². The van der Waals surface area contributed by atoms with Crippen molar-refractivity contribution in [2.24, 2.45) is 0 Å². The number of nitrogens with zero attached hydrogens (tertiary/aromatic N) is 1. The van der Waals surface area contributed by atoms with E-state index in [0.717, 1.165) is 109 Å². The second-order valence-electron chi connectivity index (χ2n) is 21.9. The van der Waals surface area contributed by atoms with Crippen LogP contribution in [-0.2, 0) is 27.9 Å². The molecule has 0 aromatic heterocycles. The molecule has 1 amide bonds. The zero-order valence-corrected chi connectivity index (χ0v) is 50.4. The molecule has 9 nitrogen and oxygen atoms in total. The third kappa shape index (κ3) is 55.7. The van der Waals surface area contributed by atoms with E-state index in [4.69, 9.17) is 13.8 Å². The fourth-order valence-electron chi connectivity index (χ4n) is 8.48. The van der Waals surface area contributed by atoms with Crippen LogP contribution in [0, 0.1) is 0 Å². The summed E-state index contributed by atoms with van der Waals surface area (Å²) in [5.74, 6) is -0.545. The maximum absolute atomic E-state index is 13.5. The molecule has 0 saturated carbocycles. The van der Waals surface area contributed by atoms with Gasteiger partial charge in [-0.2, -0.15) is 0 Å². The van der Waals surface area contributed by atoms with E-state index in [1.807, 2.05) is 33.3 Å². The molecule has 0 spiro atoms. The van der Waals surface area contributed by atoms with Crippen LogP contribution in [0.5, 0.6) is 0 Å². The van der Waals surface area contributed by atoms with Gasteiger partial charge in [0.15, 0.2) is 0 Å². The number of carbonyl (C=O) groups excluding carboxylic acids is 2. The summed E-state index contributed by atoms with van der Waals surface area (Å²) in [5, 5.41) is 3.04. The molecule has 0 rings (SSSR count). The van der Waals surface area contributed by atoms with Crippen molar-refractivity contribution in [1.82, 2.24) is 5.32 Å². The second kappa shape index (κ2) is 54.5. The Morgan fingerprint density at radius 1 is 0.467 bits per heavy atom. The van der Waals surface area contributed by atoms with Crippen LogP contribution in [0.1, 0.15) is 265 Å². The number of nitrogens with one attached hydrogen (secondary N) is 1. The molecule has 0 aliphatic rings. The van der Waals surface area contributed by atoms with E-state index in [1.54, 1.807) is 0 Å². The molecule has 0 aromatic rings. The number of ether oxygens (including phenoxy) is 1. The highest BCUT2D eigenvalue weighted by atomic mass is 31.2. The van der Waals surface area contributed by atoms with Crippen molar-refractivity contribution in [2.75, 3.05) is 40.9 Å². The molecular weight excluding hydrogens is 952 g/mol. The van der Waals surface area contributed by atoms with Crippen LogP contribution in [0.15, 0.2) is 85.1 Å². The van der Waals surface area contributed by atoms with Crippen LogP contribution in [0.3, 0.4) is 0 Å². The zero-order valence-electron chi connectivity index (χ0n) is 49.5. The number of quaternary nitrogens is 1. The monoisotopic (exact) mass is 1070 g/mol. The first-order chi connectivity index (χ1) is 36.4. The molecule has 434 valence electrons. The van der Waals surface area contributed by atoms with Crippen LogP contribution >= 0.6 is 7.82 Å². The summed E-state index contributed by atoms with van der Waals surface area (Å²) in [5.41, 5.74) is 0. The minimum absolute atomic E-state index is 0.0299. The van der Waals surface area contributed by atoms with Gasteiger partial charge in [-0.15, -0.1) is 0 Å². The molecule has 0 heterocycles. The third-order valence-corrected chi connectivity index (χ3v) is 14.3. The van der Waals surface area contributed by atoms with Crippen molar-refractivity contribution in [3.63, 3.8) is 0 Å². The molecule has 0 aliphatic heterocycles. The summed E-state index contributed by atoms with van der Waals surface area (Å²) in [7, 11) is 1.46. The molecule has 0 saturated heterocycles. The molecule has 0 aromatic carbocycles. The first kappa shape index (κ1) is 72.2. The topological polar surface area (TPSA) is 111 Å². The lowest BCUT2D eigenvalue weighted by molar-refractivity contribution is -0.870. The van der Waals surface area contributed by atoms with Crippen LogP contribution in [-0.4, -0.2) is 74.3 Å². The van der Waals surface area contributed by atoms with Crippen molar-refractivity contribution >= 4 is 19.7 Å². The molecule has 10 heteroatoms.